The van der Waals surface area contributed by atoms with Gasteiger partial charge < -0.3 is 5.32 Å². The van der Waals surface area contributed by atoms with Crippen LogP contribution in [0.4, 0.5) is 0 Å². The Hall–Kier alpha value is -0.900. The van der Waals surface area contributed by atoms with E-state index in [4.69, 9.17) is 0 Å². The summed E-state index contributed by atoms with van der Waals surface area (Å²) in [7, 11) is 0. The predicted octanol–water partition coefficient (Wildman–Crippen LogP) is 2.77. The van der Waals surface area contributed by atoms with Crippen LogP contribution in [0.25, 0.3) is 0 Å². The molecular formula is C13H17BrN2O. The predicted molar refractivity (Wildman–Crippen MR) is 71.2 cm³/mol. The number of amides is 1. The monoisotopic (exact) mass is 296 g/mol. The third kappa shape index (κ3) is 3.53. The molecule has 4 heteroatoms. The first kappa shape index (κ1) is 12.6. The minimum Gasteiger partial charge on any atom is -0.352 e. The van der Waals surface area contributed by atoms with Crippen LogP contribution in [0.1, 0.15) is 36.0 Å². The first-order valence-electron chi connectivity index (χ1n) is 6.09. The molecule has 0 radical (unpaired) electrons. The number of alkyl halides is 1. The summed E-state index contributed by atoms with van der Waals surface area (Å²) in [6, 6.07) is 3.57. The maximum Gasteiger partial charge on any atom is 0.252 e. The van der Waals surface area contributed by atoms with Crippen LogP contribution in [0.15, 0.2) is 24.5 Å². The van der Waals surface area contributed by atoms with Gasteiger partial charge in [0.25, 0.3) is 5.91 Å². The molecule has 1 heterocycles. The Bertz CT molecular complexity index is 369. The lowest BCUT2D eigenvalue weighted by Crippen LogP contribution is -2.34. The fourth-order valence-corrected chi connectivity index (χ4v) is 2.99. The quantitative estimate of drug-likeness (QED) is 0.872. The normalized spacial score (nSPS) is 24.3. The van der Waals surface area contributed by atoms with Crippen molar-refractivity contribution in [2.45, 2.75) is 30.5 Å². The van der Waals surface area contributed by atoms with Crippen LogP contribution in [-0.4, -0.2) is 22.3 Å². The van der Waals surface area contributed by atoms with Crippen LogP contribution in [-0.2, 0) is 0 Å². The van der Waals surface area contributed by atoms with Gasteiger partial charge in [0.1, 0.15) is 0 Å². The number of carbonyl (C=O) groups is 1. The number of nitrogens with zero attached hydrogens (tertiary/aromatic N) is 1. The molecule has 1 amide bonds. The van der Waals surface area contributed by atoms with Crippen molar-refractivity contribution in [1.29, 1.82) is 0 Å². The molecule has 92 valence electrons. The van der Waals surface area contributed by atoms with Gasteiger partial charge >= 0.3 is 0 Å². The van der Waals surface area contributed by atoms with E-state index in [9.17, 15) is 4.79 Å². The Morgan fingerprint density at radius 3 is 3.00 bits per heavy atom. The fraction of sp³-hybridized carbons (Fsp3) is 0.538. The Balaban J connectivity index is 1.84. The summed E-state index contributed by atoms with van der Waals surface area (Å²) in [5, 5.41) is 2.99. The zero-order valence-electron chi connectivity index (χ0n) is 9.73. The van der Waals surface area contributed by atoms with Crippen LogP contribution in [0.5, 0.6) is 0 Å². The van der Waals surface area contributed by atoms with E-state index in [1.165, 1.54) is 25.7 Å². The summed E-state index contributed by atoms with van der Waals surface area (Å²) in [5.41, 5.74) is 0.634. The summed E-state index contributed by atoms with van der Waals surface area (Å²) in [5.74, 6) is 0.535. The second kappa shape index (κ2) is 6.15. The van der Waals surface area contributed by atoms with Crippen molar-refractivity contribution >= 4 is 21.8 Å². The fourth-order valence-electron chi connectivity index (χ4n) is 2.22. The van der Waals surface area contributed by atoms with E-state index in [1.54, 1.807) is 24.5 Å². The van der Waals surface area contributed by atoms with Gasteiger partial charge in [0.2, 0.25) is 0 Å². The highest BCUT2D eigenvalue weighted by atomic mass is 79.9. The molecule has 17 heavy (non-hydrogen) atoms. The van der Waals surface area contributed by atoms with Crippen LogP contribution >= 0.6 is 15.9 Å². The van der Waals surface area contributed by atoms with Crippen molar-refractivity contribution in [3.63, 3.8) is 0 Å². The number of halogens is 1. The van der Waals surface area contributed by atoms with Crippen molar-refractivity contribution in [3.05, 3.63) is 30.1 Å². The van der Waals surface area contributed by atoms with Gasteiger partial charge in [-0.05, 0) is 30.9 Å². The molecule has 1 aromatic rings. The number of hydrogen-bond donors (Lipinski definition) is 1. The number of nitrogens with one attached hydrogen (secondary N) is 1. The lowest BCUT2D eigenvalue weighted by Gasteiger charge is -2.27. The molecule has 0 aromatic carbocycles. The Morgan fingerprint density at radius 1 is 1.47 bits per heavy atom. The van der Waals surface area contributed by atoms with Gasteiger partial charge in [-0.2, -0.15) is 0 Å². The van der Waals surface area contributed by atoms with Gasteiger partial charge in [-0.3, -0.25) is 9.78 Å². The van der Waals surface area contributed by atoms with Gasteiger partial charge in [-0.15, -0.1) is 0 Å². The number of pyridine rings is 1. The SMILES string of the molecule is O=C(NCC1CCCCC1Br)c1cccnc1. The van der Waals surface area contributed by atoms with E-state index >= 15 is 0 Å². The summed E-state index contributed by atoms with van der Waals surface area (Å²) in [4.78, 5) is 16.3. The first-order valence-corrected chi connectivity index (χ1v) is 7.01. The average molecular weight is 297 g/mol. The lowest BCUT2D eigenvalue weighted by atomic mass is 9.89. The standard InChI is InChI=1S/C13H17BrN2O/c14-12-6-2-1-4-10(12)9-16-13(17)11-5-3-7-15-8-11/h3,5,7-8,10,12H,1-2,4,6,9H2,(H,16,17). The van der Waals surface area contributed by atoms with Gasteiger partial charge in [0, 0.05) is 23.8 Å². The highest BCUT2D eigenvalue weighted by Gasteiger charge is 2.23. The molecule has 2 atom stereocenters. The molecule has 1 aromatic heterocycles. The molecule has 1 aliphatic rings. The number of carbonyl (C=O) groups excluding carboxylic acids is 1. The van der Waals surface area contributed by atoms with Crippen LogP contribution < -0.4 is 5.32 Å². The lowest BCUT2D eigenvalue weighted by molar-refractivity contribution is 0.0944. The minimum absolute atomic E-state index is 0.0247. The topological polar surface area (TPSA) is 42.0 Å². The highest BCUT2D eigenvalue weighted by molar-refractivity contribution is 9.09. The Labute approximate surface area is 110 Å². The molecule has 1 N–H and O–H groups in total. The number of rotatable bonds is 3. The van der Waals surface area contributed by atoms with Gasteiger partial charge in [-0.1, -0.05) is 28.8 Å². The third-order valence-electron chi connectivity index (χ3n) is 3.26. The van der Waals surface area contributed by atoms with E-state index in [2.05, 4.69) is 26.2 Å². The minimum atomic E-state index is -0.0247. The molecule has 1 fully saturated rings. The second-order valence-corrected chi connectivity index (χ2v) is 5.69. The molecule has 0 spiro atoms. The Morgan fingerprint density at radius 2 is 2.29 bits per heavy atom. The van der Waals surface area contributed by atoms with Gasteiger partial charge in [0.15, 0.2) is 0 Å². The summed E-state index contributed by atoms with van der Waals surface area (Å²) < 4.78 is 0. The molecule has 0 aliphatic heterocycles. The Kier molecular flexibility index (Phi) is 4.54. The molecule has 0 bridgehead atoms. The number of hydrogen-bond acceptors (Lipinski definition) is 2. The smallest absolute Gasteiger partial charge is 0.252 e. The molecule has 2 unspecified atom stereocenters. The van der Waals surface area contributed by atoms with Crippen molar-refractivity contribution < 1.29 is 4.79 Å². The van der Waals surface area contributed by atoms with E-state index in [0.717, 1.165) is 6.54 Å². The van der Waals surface area contributed by atoms with E-state index in [0.29, 0.717) is 16.3 Å². The van der Waals surface area contributed by atoms with Crippen LogP contribution in [0, 0.1) is 5.92 Å². The van der Waals surface area contributed by atoms with Crippen molar-refractivity contribution in [3.8, 4) is 0 Å². The maximum atomic E-state index is 11.8. The third-order valence-corrected chi connectivity index (χ3v) is 4.47. The van der Waals surface area contributed by atoms with E-state index in [-0.39, 0.29) is 5.91 Å². The summed E-state index contributed by atoms with van der Waals surface area (Å²) in [6.45, 7) is 0.754. The van der Waals surface area contributed by atoms with Crippen LogP contribution in [0.3, 0.4) is 0 Å². The maximum absolute atomic E-state index is 11.8. The van der Waals surface area contributed by atoms with Crippen molar-refractivity contribution in [2.24, 2.45) is 5.92 Å². The first-order chi connectivity index (χ1) is 8.27. The number of aromatic nitrogens is 1. The molecule has 1 saturated carbocycles. The second-order valence-electron chi connectivity index (χ2n) is 4.51. The van der Waals surface area contributed by atoms with Crippen LogP contribution in [0.2, 0.25) is 0 Å². The summed E-state index contributed by atoms with van der Waals surface area (Å²) in [6.07, 6.45) is 8.25. The molecule has 2 rings (SSSR count). The molecule has 0 saturated heterocycles. The average Bonchev–Trinajstić information content (AvgIpc) is 2.38. The summed E-state index contributed by atoms with van der Waals surface area (Å²) >= 11 is 3.70. The van der Waals surface area contributed by atoms with E-state index < -0.39 is 0 Å². The zero-order valence-corrected chi connectivity index (χ0v) is 11.3. The zero-order chi connectivity index (χ0) is 12.1. The highest BCUT2D eigenvalue weighted by Crippen LogP contribution is 2.29. The largest absolute Gasteiger partial charge is 0.352 e. The van der Waals surface area contributed by atoms with Crippen molar-refractivity contribution in [2.75, 3.05) is 6.54 Å². The van der Waals surface area contributed by atoms with Crippen molar-refractivity contribution in [1.82, 2.24) is 10.3 Å². The molecular weight excluding hydrogens is 280 g/mol. The molecule has 1 aliphatic carbocycles. The molecule has 3 nitrogen and oxygen atoms in total. The van der Waals surface area contributed by atoms with Gasteiger partial charge in [-0.25, -0.2) is 0 Å². The van der Waals surface area contributed by atoms with E-state index in [1.807, 2.05) is 0 Å². The van der Waals surface area contributed by atoms with Gasteiger partial charge in [0.05, 0.1) is 5.56 Å².